The van der Waals surface area contributed by atoms with Gasteiger partial charge < -0.3 is 10.1 Å². The molecule has 1 aliphatic heterocycles. The summed E-state index contributed by atoms with van der Waals surface area (Å²) in [5.74, 6) is 0.939. The topological polar surface area (TPSA) is 94.8 Å². The zero-order valence-corrected chi connectivity index (χ0v) is 18.8. The summed E-state index contributed by atoms with van der Waals surface area (Å²) < 4.78 is 20.5. The van der Waals surface area contributed by atoms with Gasteiger partial charge in [-0.25, -0.2) is 9.37 Å². The molecule has 5 rings (SSSR count). The predicted octanol–water partition coefficient (Wildman–Crippen LogP) is 4.43. The summed E-state index contributed by atoms with van der Waals surface area (Å²) >= 11 is 0. The Kier molecular flexibility index (Phi) is 5.75. The molecule has 0 saturated carbocycles. The van der Waals surface area contributed by atoms with E-state index in [1.807, 2.05) is 31.2 Å². The zero-order valence-electron chi connectivity index (χ0n) is 18.8. The molecule has 1 N–H and O–H groups in total. The van der Waals surface area contributed by atoms with Crippen molar-refractivity contribution in [2.45, 2.75) is 32.6 Å². The number of anilines is 1. The molecule has 172 valence electrons. The molecule has 4 aromatic rings. The Hall–Kier alpha value is -4.14. The molecule has 34 heavy (non-hydrogen) atoms. The standard InChI is InChI=1S/C25H23FN6O2/c1-3-12-34-19-10-6-16(7-11-19)20-13-22(33)29-24-23(20)15(2)31-32(24)25-28-21(14-27-30-25)17-4-8-18(26)9-5-17/h4-11,14,20H,3,12-13H2,1-2H3,(H,29,33)/t20-/m0/s1. The van der Waals surface area contributed by atoms with E-state index in [-0.39, 0.29) is 23.6 Å². The minimum atomic E-state index is -0.332. The van der Waals surface area contributed by atoms with Gasteiger partial charge in [0.25, 0.3) is 5.95 Å². The van der Waals surface area contributed by atoms with E-state index < -0.39 is 0 Å². The lowest BCUT2D eigenvalue weighted by Crippen LogP contribution is -2.25. The molecule has 9 heteroatoms. The second-order valence-corrected chi connectivity index (χ2v) is 8.13. The number of hydrogen-bond donors (Lipinski definition) is 1. The second-order valence-electron chi connectivity index (χ2n) is 8.13. The van der Waals surface area contributed by atoms with Crippen molar-refractivity contribution in [2.24, 2.45) is 0 Å². The third-order valence-electron chi connectivity index (χ3n) is 5.73. The Morgan fingerprint density at radius 3 is 2.65 bits per heavy atom. The van der Waals surface area contributed by atoms with Gasteiger partial charge in [-0.1, -0.05) is 19.1 Å². The van der Waals surface area contributed by atoms with Gasteiger partial charge in [0, 0.05) is 23.5 Å². The first-order chi connectivity index (χ1) is 16.5. The van der Waals surface area contributed by atoms with Crippen molar-refractivity contribution in [1.29, 1.82) is 0 Å². The van der Waals surface area contributed by atoms with E-state index in [1.165, 1.54) is 23.0 Å². The Morgan fingerprint density at radius 1 is 1.15 bits per heavy atom. The van der Waals surface area contributed by atoms with Crippen LogP contribution in [0, 0.1) is 12.7 Å². The highest BCUT2D eigenvalue weighted by Gasteiger charge is 2.33. The summed E-state index contributed by atoms with van der Waals surface area (Å²) in [6, 6.07) is 13.8. The first-order valence-electron chi connectivity index (χ1n) is 11.1. The average molecular weight is 458 g/mol. The van der Waals surface area contributed by atoms with E-state index >= 15 is 0 Å². The minimum absolute atomic E-state index is 0.118. The monoisotopic (exact) mass is 458 g/mol. The molecule has 1 amide bonds. The molecular weight excluding hydrogens is 435 g/mol. The summed E-state index contributed by atoms with van der Waals surface area (Å²) in [4.78, 5) is 17.2. The maximum Gasteiger partial charge on any atom is 0.272 e. The maximum absolute atomic E-state index is 13.3. The number of rotatable bonds is 6. The molecule has 2 aromatic heterocycles. The van der Waals surface area contributed by atoms with Crippen LogP contribution in [0.5, 0.6) is 5.75 Å². The van der Waals surface area contributed by atoms with Crippen LogP contribution in [0.1, 0.15) is 42.5 Å². The number of amides is 1. The number of carbonyl (C=O) groups is 1. The molecule has 1 atom stereocenters. The predicted molar refractivity (Wildman–Crippen MR) is 124 cm³/mol. The summed E-state index contributed by atoms with van der Waals surface area (Å²) in [6.07, 6.45) is 2.75. The van der Waals surface area contributed by atoms with Crippen LogP contribution in [0.4, 0.5) is 10.2 Å². The van der Waals surface area contributed by atoms with Gasteiger partial charge in [0.05, 0.1) is 24.2 Å². The van der Waals surface area contributed by atoms with Crippen LogP contribution in [0.3, 0.4) is 0 Å². The molecule has 0 aliphatic carbocycles. The van der Waals surface area contributed by atoms with Gasteiger partial charge in [-0.3, -0.25) is 4.79 Å². The largest absolute Gasteiger partial charge is 0.494 e. The molecule has 0 unspecified atom stereocenters. The van der Waals surface area contributed by atoms with Gasteiger partial charge in [-0.15, -0.1) is 5.10 Å². The summed E-state index contributed by atoms with van der Waals surface area (Å²) in [6.45, 7) is 4.62. The number of benzene rings is 2. The van der Waals surface area contributed by atoms with E-state index in [4.69, 9.17) is 4.74 Å². The fourth-order valence-electron chi connectivity index (χ4n) is 4.14. The average Bonchev–Trinajstić information content (AvgIpc) is 3.19. The highest BCUT2D eigenvalue weighted by Crippen LogP contribution is 2.40. The molecule has 1 aliphatic rings. The van der Waals surface area contributed by atoms with Crippen LogP contribution >= 0.6 is 0 Å². The fraction of sp³-hybridized carbons (Fsp3) is 0.240. The fourth-order valence-corrected chi connectivity index (χ4v) is 4.14. The quantitative estimate of drug-likeness (QED) is 0.459. The summed E-state index contributed by atoms with van der Waals surface area (Å²) in [5.41, 5.74) is 3.90. The van der Waals surface area contributed by atoms with Gasteiger partial charge in [0.15, 0.2) is 0 Å². The summed E-state index contributed by atoms with van der Waals surface area (Å²) in [7, 11) is 0. The van der Waals surface area contributed by atoms with Crippen molar-refractivity contribution in [2.75, 3.05) is 11.9 Å². The SMILES string of the molecule is CCCOc1ccc([C@@H]2CC(=O)Nc3c2c(C)nn3-c2nncc(-c3ccc(F)cc3)n2)cc1. The van der Waals surface area contributed by atoms with Crippen molar-refractivity contribution in [3.63, 3.8) is 0 Å². The number of aryl methyl sites for hydroxylation is 1. The third kappa shape index (κ3) is 4.12. The molecule has 0 spiro atoms. The minimum Gasteiger partial charge on any atom is -0.494 e. The van der Waals surface area contributed by atoms with Gasteiger partial charge in [0.1, 0.15) is 17.4 Å². The molecular formula is C25H23FN6O2. The number of carbonyl (C=O) groups excluding carboxylic acids is 1. The van der Waals surface area contributed by atoms with Crippen LogP contribution in [0.25, 0.3) is 17.2 Å². The van der Waals surface area contributed by atoms with E-state index in [0.29, 0.717) is 30.1 Å². The van der Waals surface area contributed by atoms with Crippen LogP contribution < -0.4 is 10.1 Å². The Morgan fingerprint density at radius 2 is 1.91 bits per heavy atom. The molecule has 0 fully saturated rings. The van der Waals surface area contributed by atoms with Crippen molar-refractivity contribution >= 4 is 11.7 Å². The van der Waals surface area contributed by atoms with E-state index in [2.05, 4.69) is 32.5 Å². The van der Waals surface area contributed by atoms with Crippen LogP contribution in [-0.2, 0) is 4.79 Å². The molecule has 0 bridgehead atoms. The number of ether oxygens (including phenoxy) is 1. The number of fused-ring (bicyclic) bond motifs is 1. The Balaban J connectivity index is 1.53. The lowest BCUT2D eigenvalue weighted by atomic mass is 9.86. The normalized spacial score (nSPS) is 15.0. The lowest BCUT2D eigenvalue weighted by molar-refractivity contribution is -0.116. The first kappa shape index (κ1) is 21.7. The van der Waals surface area contributed by atoms with Crippen molar-refractivity contribution in [3.05, 3.63) is 77.4 Å². The lowest BCUT2D eigenvalue weighted by Gasteiger charge is -2.24. The Bertz CT molecular complexity index is 1330. The van der Waals surface area contributed by atoms with Gasteiger partial charge in [-0.05, 0) is 55.3 Å². The Labute approximate surface area is 195 Å². The van der Waals surface area contributed by atoms with Crippen LogP contribution in [-0.4, -0.2) is 37.5 Å². The van der Waals surface area contributed by atoms with E-state index in [9.17, 15) is 9.18 Å². The number of aromatic nitrogens is 5. The van der Waals surface area contributed by atoms with Crippen molar-refractivity contribution < 1.29 is 13.9 Å². The highest BCUT2D eigenvalue weighted by molar-refractivity contribution is 5.95. The van der Waals surface area contributed by atoms with E-state index in [1.54, 1.807) is 12.1 Å². The molecule has 0 saturated heterocycles. The van der Waals surface area contributed by atoms with Crippen molar-refractivity contribution in [1.82, 2.24) is 25.0 Å². The van der Waals surface area contributed by atoms with Gasteiger partial charge in [-0.2, -0.15) is 14.9 Å². The maximum atomic E-state index is 13.3. The molecule has 3 heterocycles. The second kappa shape index (κ2) is 9.01. The van der Waals surface area contributed by atoms with Gasteiger partial charge >= 0.3 is 0 Å². The van der Waals surface area contributed by atoms with Gasteiger partial charge in [0.2, 0.25) is 5.91 Å². The van der Waals surface area contributed by atoms with Crippen LogP contribution in [0.2, 0.25) is 0 Å². The molecule has 2 aromatic carbocycles. The number of halogens is 1. The van der Waals surface area contributed by atoms with Crippen LogP contribution in [0.15, 0.2) is 54.7 Å². The number of nitrogens with one attached hydrogen (secondary N) is 1. The first-order valence-corrected chi connectivity index (χ1v) is 11.1. The zero-order chi connectivity index (χ0) is 23.7. The third-order valence-corrected chi connectivity index (χ3v) is 5.73. The number of hydrogen-bond acceptors (Lipinski definition) is 6. The van der Waals surface area contributed by atoms with Crippen molar-refractivity contribution in [3.8, 4) is 23.0 Å². The molecule has 8 nitrogen and oxygen atoms in total. The smallest absolute Gasteiger partial charge is 0.272 e. The van der Waals surface area contributed by atoms with E-state index in [0.717, 1.165) is 29.0 Å². The number of nitrogens with zero attached hydrogens (tertiary/aromatic N) is 5. The summed E-state index contributed by atoms with van der Waals surface area (Å²) in [5, 5.41) is 15.8. The highest BCUT2D eigenvalue weighted by atomic mass is 19.1. The molecule has 0 radical (unpaired) electrons.